The Morgan fingerprint density at radius 3 is 2.43 bits per heavy atom. The summed E-state index contributed by atoms with van der Waals surface area (Å²) in [5.74, 6) is 0. The summed E-state index contributed by atoms with van der Waals surface area (Å²) in [6.07, 6.45) is 7.02. The lowest BCUT2D eigenvalue weighted by Crippen LogP contribution is -2.48. The van der Waals surface area contributed by atoms with Crippen molar-refractivity contribution in [3.63, 3.8) is 0 Å². The first-order valence-corrected chi connectivity index (χ1v) is 5.87. The third-order valence-corrected chi connectivity index (χ3v) is 3.92. The molecule has 2 aliphatic rings. The lowest BCUT2D eigenvalue weighted by Gasteiger charge is -2.43. The Morgan fingerprint density at radius 2 is 1.93 bits per heavy atom. The molecule has 0 amide bonds. The molecule has 2 saturated heterocycles. The molecule has 2 heterocycles. The summed E-state index contributed by atoms with van der Waals surface area (Å²) in [7, 11) is 0. The molecule has 2 unspecified atom stereocenters. The third-order valence-electron chi connectivity index (χ3n) is 3.92. The minimum Gasteiger partial charge on any atom is -0.313 e. The van der Waals surface area contributed by atoms with Gasteiger partial charge in [-0.1, -0.05) is 24.5 Å². The first-order chi connectivity index (χ1) is 6.72. The first-order valence-electron chi connectivity index (χ1n) is 5.87. The summed E-state index contributed by atoms with van der Waals surface area (Å²) in [5.41, 5.74) is 3.17. The van der Waals surface area contributed by atoms with E-state index in [1.807, 2.05) is 0 Å². The predicted octanol–water partition coefficient (Wildman–Crippen LogP) is 3.12. The minimum absolute atomic E-state index is 0.416. The largest absolute Gasteiger partial charge is 0.313 e. The molecule has 2 rings (SSSR count). The van der Waals surface area contributed by atoms with Gasteiger partial charge in [-0.3, -0.25) is 0 Å². The summed E-state index contributed by atoms with van der Waals surface area (Å²) in [4.78, 5) is 0. The Kier molecular flexibility index (Phi) is 2.93. The zero-order valence-electron chi connectivity index (χ0n) is 9.29. The van der Waals surface area contributed by atoms with Crippen molar-refractivity contribution in [1.82, 2.24) is 5.06 Å². The van der Waals surface area contributed by atoms with Gasteiger partial charge in [0, 0.05) is 12.1 Å². The highest BCUT2D eigenvalue weighted by Crippen LogP contribution is 2.36. The highest BCUT2D eigenvalue weighted by Gasteiger charge is 2.35. The summed E-state index contributed by atoms with van der Waals surface area (Å²) in [6, 6.07) is 0.831. The van der Waals surface area contributed by atoms with Crippen LogP contribution in [0.1, 0.15) is 52.4 Å². The van der Waals surface area contributed by atoms with Crippen LogP contribution in [-0.2, 0) is 0 Å². The van der Waals surface area contributed by atoms with Gasteiger partial charge < -0.3 is 5.21 Å². The van der Waals surface area contributed by atoms with E-state index in [4.69, 9.17) is 0 Å². The van der Waals surface area contributed by atoms with Crippen molar-refractivity contribution in [2.24, 2.45) is 0 Å². The Hall–Kier alpha value is -0.340. The van der Waals surface area contributed by atoms with E-state index in [9.17, 15) is 5.21 Å². The third kappa shape index (κ3) is 1.73. The summed E-state index contributed by atoms with van der Waals surface area (Å²) < 4.78 is 0. The van der Waals surface area contributed by atoms with Crippen LogP contribution in [0.5, 0.6) is 0 Å². The highest BCUT2D eigenvalue weighted by molar-refractivity contribution is 5.18. The Morgan fingerprint density at radius 1 is 1.36 bits per heavy atom. The molecule has 0 aliphatic carbocycles. The van der Waals surface area contributed by atoms with E-state index in [0.717, 1.165) is 12.8 Å². The normalized spacial score (nSPS) is 33.2. The Bertz CT molecular complexity index is 231. The van der Waals surface area contributed by atoms with Gasteiger partial charge >= 0.3 is 0 Å². The minimum atomic E-state index is 0.416. The van der Waals surface area contributed by atoms with Gasteiger partial charge in [0.05, 0.1) is 0 Å². The fraction of sp³-hybridized carbons (Fsp3) is 0.833. The van der Waals surface area contributed by atoms with E-state index in [2.05, 4.69) is 13.8 Å². The molecule has 2 bridgehead atoms. The number of rotatable bonds is 1. The Balaban J connectivity index is 2.15. The molecule has 2 aliphatic heterocycles. The van der Waals surface area contributed by atoms with Crippen LogP contribution < -0.4 is 0 Å². The number of hydrogen-bond acceptors (Lipinski definition) is 2. The second-order valence-electron chi connectivity index (χ2n) is 4.76. The van der Waals surface area contributed by atoms with Crippen LogP contribution in [-0.4, -0.2) is 22.4 Å². The molecule has 2 heteroatoms. The van der Waals surface area contributed by atoms with Gasteiger partial charge in [0.25, 0.3) is 0 Å². The number of piperidine rings is 2. The average Bonchev–Trinajstić information content (AvgIpc) is 2.16. The molecular formula is C12H21NO. The molecule has 0 aromatic carbocycles. The lowest BCUT2D eigenvalue weighted by molar-refractivity contribution is -0.185. The summed E-state index contributed by atoms with van der Waals surface area (Å²) in [6.45, 7) is 4.47. The van der Waals surface area contributed by atoms with Crippen LogP contribution in [0, 0.1) is 0 Å². The molecule has 0 aromatic rings. The van der Waals surface area contributed by atoms with Crippen LogP contribution in [0.2, 0.25) is 0 Å². The Labute approximate surface area is 86.6 Å². The fourth-order valence-corrected chi connectivity index (χ4v) is 2.79. The van der Waals surface area contributed by atoms with Crippen molar-refractivity contribution in [2.75, 3.05) is 0 Å². The van der Waals surface area contributed by atoms with Gasteiger partial charge in [-0.25, -0.2) is 0 Å². The van der Waals surface area contributed by atoms with Crippen LogP contribution in [0.4, 0.5) is 0 Å². The summed E-state index contributed by atoms with van der Waals surface area (Å²) in [5, 5.41) is 11.5. The van der Waals surface area contributed by atoms with Crippen molar-refractivity contribution in [1.29, 1.82) is 0 Å². The standard InChI is InChI=1S/C12H21NO/c1-3-9(2)10-7-11-5-4-6-12(8-10)13(11)14/h11-12,14H,3-8H2,1-2H3. The van der Waals surface area contributed by atoms with Gasteiger partial charge in [0.1, 0.15) is 0 Å². The molecule has 80 valence electrons. The lowest BCUT2D eigenvalue weighted by atomic mass is 9.81. The van der Waals surface area contributed by atoms with Gasteiger partial charge in [-0.05, 0) is 39.0 Å². The monoisotopic (exact) mass is 195 g/mol. The van der Waals surface area contributed by atoms with Gasteiger partial charge in [0.2, 0.25) is 0 Å². The van der Waals surface area contributed by atoms with Crippen LogP contribution in [0.3, 0.4) is 0 Å². The van der Waals surface area contributed by atoms with Crippen molar-refractivity contribution in [2.45, 2.75) is 64.5 Å². The zero-order valence-corrected chi connectivity index (χ0v) is 9.29. The molecule has 0 spiro atoms. The number of hydrogen-bond donors (Lipinski definition) is 1. The SMILES string of the molecule is CCC(C)=C1CC2CCCC(C1)N2O. The van der Waals surface area contributed by atoms with Crippen LogP contribution in [0.15, 0.2) is 11.1 Å². The van der Waals surface area contributed by atoms with Crippen molar-refractivity contribution < 1.29 is 5.21 Å². The second-order valence-corrected chi connectivity index (χ2v) is 4.76. The van der Waals surface area contributed by atoms with E-state index in [1.54, 1.807) is 16.2 Å². The maximum atomic E-state index is 9.87. The maximum Gasteiger partial charge on any atom is 0.0390 e. The second kappa shape index (κ2) is 4.03. The van der Waals surface area contributed by atoms with Crippen LogP contribution >= 0.6 is 0 Å². The molecule has 0 saturated carbocycles. The zero-order chi connectivity index (χ0) is 10.1. The highest BCUT2D eigenvalue weighted by atomic mass is 16.5. The maximum absolute atomic E-state index is 9.87. The molecule has 1 N–H and O–H groups in total. The molecule has 2 atom stereocenters. The first kappa shape index (κ1) is 10.2. The van der Waals surface area contributed by atoms with Crippen molar-refractivity contribution in [3.8, 4) is 0 Å². The predicted molar refractivity (Wildman–Crippen MR) is 57.3 cm³/mol. The number of hydroxylamine groups is 2. The van der Waals surface area contributed by atoms with E-state index in [-0.39, 0.29) is 0 Å². The molecule has 14 heavy (non-hydrogen) atoms. The average molecular weight is 195 g/mol. The molecule has 0 radical (unpaired) electrons. The quantitative estimate of drug-likeness (QED) is 0.650. The van der Waals surface area contributed by atoms with E-state index in [0.29, 0.717) is 12.1 Å². The molecule has 0 aromatic heterocycles. The van der Waals surface area contributed by atoms with Crippen molar-refractivity contribution >= 4 is 0 Å². The summed E-state index contributed by atoms with van der Waals surface area (Å²) >= 11 is 0. The molecular weight excluding hydrogens is 174 g/mol. The van der Waals surface area contributed by atoms with Crippen molar-refractivity contribution in [3.05, 3.63) is 11.1 Å². The van der Waals surface area contributed by atoms with E-state index >= 15 is 0 Å². The molecule has 2 nitrogen and oxygen atoms in total. The van der Waals surface area contributed by atoms with Gasteiger partial charge in [-0.2, -0.15) is 5.06 Å². The number of allylic oxidation sites excluding steroid dienone is 1. The van der Waals surface area contributed by atoms with E-state index in [1.165, 1.54) is 25.7 Å². The smallest absolute Gasteiger partial charge is 0.0390 e. The van der Waals surface area contributed by atoms with E-state index < -0.39 is 0 Å². The number of fused-ring (bicyclic) bond motifs is 2. The fourth-order valence-electron chi connectivity index (χ4n) is 2.79. The van der Waals surface area contributed by atoms with Crippen LogP contribution in [0.25, 0.3) is 0 Å². The topological polar surface area (TPSA) is 23.5 Å². The van der Waals surface area contributed by atoms with Gasteiger partial charge in [-0.15, -0.1) is 0 Å². The molecule has 2 fully saturated rings. The number of nitrogens with zero attached hydrogens (tertiary/aromatic N) is 1. The van der Waals surface area contributed by atoms with Gasteiger partial charge in [0.15, 0.2) is 0 Å².